The van der Waals surface area contributed by atoms with E-state index in [2.05, 4.69) is 42.6 Å². The van der Waals surface area contributed by atoms with Gasteiger partial charge in [-0.2, -0.15) is 0 Å². The van der Waals surface area contributed by atoms with Crippen molar-refractivity contribution in [3.63, 3.8) is 0 Å². The zero-order chi connectivity index (χ0) is 26.5. The molecule has 2 amide bonds. The van der Waals surface area contributed by atoms with Crippen molar-refractivity contribution >= 4 is 40.3 Å². The first kappa shape index (κ1) is 29.0. The highest BCUT2D eigenvalue weighted by Gasteiger charge is 2.27. The van der Waals surface area contributed by atoms with E-state index in [1.807, 2.05) is 12.1 Å². The minimum atomic E-state index is -0.375. The van der Waals surface area contributed by atoms with E-state index in [9.17, 15) is 14.4 Å². The summed E-state index contributed by atoms with van der Waals surface area (Å²) in [7, 11) is 1.37. The fraction of sp³-hybridized carbons (Fsp3) is 0.567. The quantitative estimate of drug-likeness (QED) is 0.186. The second-order valence-electron chi connectivity index (χ2n) is 10.0. The van der Waals surface area contributed by atoms with Crippen molar-refractivity contribution in [2.75, 3.05) is 26.0 Å². The van der Waals surface area contributed by atoms with Crippen molar-refractivity contribution < 1.29 is 19.1 Å². The molecule has 0 heterocycles. The molecule has 0 aliphatic heterocycles. The van der Waals surface area contributed by atoms with E-state index in [0.717, 1.165) is 55.2 Å². The van der Waals surface area contributed by atoms with Gasteiger partial charge in [0.1, 0.15) is 0 Å². The molecule has 202 valence electrons. The Balaban J connectivity index is 1.69. The Labute approximate surface area is 225 Å². The Morgan fingerprint density at radius 3 is 2.54 bits per heavy atom. The van der Waals surface area contributed by atoms with Crippen LogP contribution in [0.15, 0.2) is 47.4 Å². The van der Waals surface area contributed by atoms with E-state index >= 15 is 0 Å². The van der Waals surface area contributed by atoms with Crippen molar-refractivity contribution in [2.24, 2.45) is 5.92 Å². The molecule has 2 aromatic rings. The Kier molecular flexibility index (Phi) is 12.3. The lowest BCUT2D eigenvalue weighted by Gasteiger charge is -2.29. The molecular weight excluding hydrogens is 484 g/mol. The first-order valence-corrected chi connectivity index (χ1v) is 14.7. The molecule has 0 aromatic heterocycles. The van der Waals surface area contributed by atoms with Gasteiger partial charge >= 0.3 is 5.97 Å². The van der Waals surface area contributed by atoms with Gasteiger partial charge in [0.15, 0.2) is 0 Å². The average molecular weight is 527 g/mol. The number of nitrogens with zero attached hydrogens (tertiary/aromatic N) is 1. The third kappa shape index (κ3) is 9.69. The normalized spacial score (nSPS) is 14.8. The van der Waals surface area contributed by atoms with Crippen LogP contribution >= 0.6 is 11.8 Å². The maximum absolute atomic E-state index is 13.8. The van der Waals surface area contributed by atoms with E-state index in [1.165, 1.54) is 18.9 Å². The summed E-state index contributed by atoms with van der Waals surface area (Å²) in [6.45, 7) is 2.76. The molecule has 0 spiro atoms. The number of thioether (sulfide) groups is 1. The molecule has 7 heteroatoms. The maximum atomic E-state index is 13.8. The minimum Gasteiger partial charge on any atom is -0.469 e. The standard InChI is InChI=1S/C30H42N2O4S/c1-3-4-10-19-32(21-28(33)31-26-13-6-5-7-14-26)30(35)25(16-18-29(34)36-2)22-37-27-17-15-23-11-8-9-12-24(23)20-27/h8-9,11-12,15,17,20,25-26H,3-7,10,13-14,16,18-19,21-22H2,1-2H3,(H,31,33). The van der Waals surface area contributed by atoms with Crippen molar-refractivity contribution in [2.45, 2.75) is 82.1 Å². The van der Waals surface area contributed by atoms with Gasteiger partial charge in [-0.3, -0.25) is 14.4 Å². The van der Waals surface area contributed by atoms with Crippen LogP contribution in [0.4, 0.5) is 0 Å². The summed E-state index contributed by atoms with van der Waals surface area (Å²) < 4.78 is 4.85. The molecule has 37 heavy (non-hydrogen) atoms. The van der Waals surface area contributed by atoms with Crippen LogP contribution in [0.1, 0.15) is 71.1 Å². The first-order valence-electron chi connectivity index (χ1n) is 13.8. The molecule has 1 fully saturated rings. The number of benzene rings is 2. The Morgan fingerprint density at radius 2 is 1.81 bits per heavy atom. The molecular formula is C30H42N2O4S. The molecule has 0 saturated heterocycles. The SMILES string of the molecule is CCCCCN(CC(=O)NC1CCCCC1)C(=O)C(CCC(=O)OC)CSc1ccc2ccccc2c1. The molecule has 1 unspecified atom stereocenters. The monoisotopic (exact) mass is 526 g/mol. The predicted octanol–water partition coefficient (Wildman–Crippen LogP) is 5.97. The zero-order valence-electron chi connectivity index (χ0n) is 22.4. The van der Waals surface area contributed by atoms with Gasteiger partial charge in [-0.1, -0.05) is 69.4 Å². The second kappa shape index (κ2) is 15.7. The zero-order valence-corrected chi connectivity index (χ0v) is 23.2. The highest BCUT2D eigenvalue weighted by atomic mass is 32.2. The smallest absolute Gasteiger partial charge is 0.305 e. The number of esters is 1. The van der Waals surface area contributed by atoms with Gasteiger partial charge in [0.2, 0.25) is 11.8 Å². The number of fused-ring (bicyclic) bond motifs is 1. The number of methoxy groups -OCH3 is 1. The van der Waals surface area contributed by atoms with E-state index < -0.39 is 0 Å². The molecule has 0 radical (unpaired) electrons. The molecule has 1 aliphatic carbocycles. The lowest BCUT2D eigenvalue weighted by atomic mass is 9.95. The molecule has 1 atom stereocenters. The lowest BCUT2D eigenvalue weighted by molar-refractivity contribution is -0.142. The van der Waals surface area contributed by atoms with Crippen LogP contribution in [0.5, 0.6) is 0 Å². The molecule has 1 aliphatic rings. The number of ether oxygens (including phenoxy) is 1. The summed E-state index contributed by atoms with van der Waals surface area (Å²) in [4.78, 5) is 41.4. The summed E-state index contributed by atoms with van der Waals surface area (Å²) >= 11 is 1.62. The van der Waals surface area contributed by atoms with E-state index in [1.54, 1.807) is 16.7 Å². The average Bonchev–Trinajstić information content (AvgIpc) is 2.92. The first-order chi connectivity index (χ1) is 18.0. The second-order valence-corrected chi connectivity index (χ2v) is 11.1. The van der Waals surface area contributed by atoms with Gasteiger partial charge < -0.3 is 15.0 Å². The van der Waals surface area contributed by atoms with Crippen molar-refractivity contribution in [3.05, 3.63) is 42.5 Å². The number of rotatable bonds is 14. The van der Waals surface area contributed by atoms with Crippen LogP contribution in [0, 0.1) is 5.92 Å². The molecule has 1 saturated carbocycles. The van der Waals surface area contributed by atoms with Crippen LogP contribution in [-0.4, -0.2) is 54.7 Å². The van der Waals surface area contributed by atoms with Crippen LogP contribution < -0.4 is 5.32 Å². The van der Waals surface area contributed by atoms with Gasteiger partial charge in [-0.05, 0) is 48.6 Å². The van der Waals surface area contributed by atoms with Crippen LogP contribution in [-0.2, 0) is 19.1 Å². The van der Waals surface area contributed by atoms with Crippen molar-refractivity contribution in [1.82, 2.24) is 10.2 Å². The Hall–Kier alpha value is -2.54. The predicted molar refractivity (Wildman–Crippen MR) is 151 cm³/mol. The number of nitrogens with one attached hydrogen (secondary N) is 1. The highest BCUT2D eigenvalue weighted by molar-refractivity contribution is 7.99. The number of carbonyl (C=O) groups excluding carboxylic acids is 3. The third-order valence-corrected chi connectivity index (χ3v) is 8.25. The fourth-order valence-corrected chi connectivity index (χ4v) is 5.98. The summed E-state index contributed by atoms with van der Waals surface area (Å²) in [6, 6.07) is 14.7. The van der Waals surface area contributed by atoms with Gasteiger partial charge in [-0.25, -0.2) is 0 Å². The maximum Gasteiger partial charge on any atom is 0.305 e. The van der Waals surface area contributed by atoms with Gasteiger partial charge in [0, 0.05) is 35.6 Å². The number of unbranched alkanes of at least 4 members (excludes halogenated alkanes) is 2. The van der Waals surface area contributed by atoms with Crippen LogP contribution in [0.3, 0.4) is 0 Å². The highest BCUT2D eigenvalue weighted by Crippen LogP contribution is 2.28. The van der Waals surface area contributed by atoms with Crippen LogP contribution in [0.25, 0.3) is 10.8 Å². The largest absolute Gasteiger partial charge is 0.469 e. The van der Waals surface area contributed by atoms with E-state index in [-0.39, 0.29) is 42.7 Å². The fourth-order valence-electron chi connectivity index (χ4n) is 4.90. The van der Waals surface area contributed by atoms with Gasteiger partial charge in [0.05, 0.1) is 13.7 Å². The summed E-state index contributed by atoms with van der Waals surface area (Å²) in [6.07, 6.45) is 9.04. The van der Waals surface area contributed by atoms with Gasteiger partial charge in [-0.15, -0.1) is 11.8 Å². The third-order valence-electron chi connectivity index (χ3n) is 7.09. The number of amides is 2. The number of carbonyl (C=O) groups is 3. The molecule has 0 bridgehead atoms. The van der Waals surface area contributed by atoms with Crippen molar-refractivity contribution in [1.29, 1.82) is 0 Å². The van der Waals surface area contributed by atoms with Gasteiger partial charge in [0.25, 0.3) is 0 Å². The Morgan fingerprint density at radius 1 is 1.05 bits per heavy atom. The lowest BCUT2D eigenvalue weighted by Crippen LogP contribution is -2.47. The number of hydrogen-bond donors (Lipinski definition) is 1. The topological polar surface area (TPSA) is 75.7 Å². The van der Waals surface area contributed by atoms with E-state index in [0.29, 0.717) is 18.7 Å². The Bertz CT molecular complexity index is 1020. The number of hydrogen-bond acceptors (Lipinski definition) is 5. The molecule has 1 N–H and O–H groups in total. The van der Waals surface area contributed by atoms with E-state index in [4.69, 9.17) is 4.74 Å². The molecule has 2 aromatic carbocycles. The molecule has 3 rings (SSSR count). The minimum absolute atomic E-state index is 0.0490. The van der Waals surface area contributed by atoms with Crippen molar-refractivity contribution in [3.8, 4) is 0 Å². The summed E-state index contributed by atoms with van der Waals surface area (Å²) in [5.41, 5.74) is 0. The van der Waals surface area contributed by atoms with Crippen LogP contribution in [0.2, 0.25) is 0 Å². The summed E-state index contributed by atoms with van der Waals surface area (Å²) in [5, 5.41) is 5.49. The summed E-state index contributed by atoms with van der Waals surface area (Å²) in [5.74, 6) is -0.277. The molecule has 6 nitrogen and oxygen atoms in total.